The lowest BCUT2D eigenvalue weighted by Crippen LogP contribution is -2.42. The second-order valence-electron chi connectivity index (χ2n) is 23.0. The number of unbranched alkanes of at least 4 members (excludes halogenated alkanes) is 2. The summed E-state index contributed by atoms with van der Waals surface area (Å²) in [6, 6.07) is 18.2. The van der Waals surface area contributed by atoms with Gasteiger partial charge >= 0.3 is 23.9 Å². The van der Waals surface area contributed by atoms with E-state index in [0.717, 1.165) is 77.0 Å². The number of carbonyl (C=O) groups excluding carboxylic acids is 4. The SMILES string of the molecule is CCC(=O)OC(O[P@](=O)(CCCCc1ccccc1)CC(=O)N1C[C@H](C2CCCCC2)C[C@H]1C(=O)O)C(C)C.CCC(=O)OC(O[P@](=O)(CCCCc1ccccc1)CC(=O)N1C[C@H](C2CCCCC2)C[C@H]1C(=O)O)C(C)C. The molecule has 18 heteroatoms. The summed E-state index contributed by atoms with van der Waals surface area (Å²) in [6.45, 7) is 11.4. The molecule has 2 unspecified atom stereocenters. The van der Waals surface area contributed by atoms with Crippen LogP contribution >= 0.6 is 14.7 Å². The van der Waals surface area contributed by atoms with E-state index in [1.165, 1.54) is 33.8 Å². The van der Waals surface area contributed by atoms with Gasteiger partial charge in [-0.1, -0.05) is 166 Å². The highest BCUT2D eigenvalue weighted by Gasteiger charge is 2.47. The average Bonchev–Trinajstić information content (AvgIpc) is 4.12. The van der Waals surface area contributed by atoms with Gasteiger partial charge in [-0.15, -0.1) is 0 Å². The number of hydrogen-bond acceptors (Lipinski definition) is 12. The average molecular weight is 1130 g/mol. The van der Waals surface area contributed by atoms with E-state index >= 15 is 0 Å². The predicted octanol–water partition coefficient (Wildman–Crippen LogP) is 12.2. The number of carboxylic acid groups (broad SMARTS) is 2. The van der Waals surface area contributed by atoms with Crippen molar-refractivity contribution in [3.05, 3.63) is 71.8 Å². The van der Waals surface area contributed by atoms with Gasteiger partial charge in [-0.2, -0.15) is 0 Å². The number of likely N-dealkylation sites (tertiary alicyclic amines) is 2. The summed E-state index contributed by atoms with van der Waals surface area (Å²) >= 11 is 0. The fourth-order valence-corrected chi connectivity index (χ4v) is 16.2. The normalized spacial score (nSPS) is 22.4. The summed E-state index contributed by atoms with van der Waals surface area (Å²) in [5.74, 6) is -3.22. The zero-order valence-corrected chi connectivity index (χ0v) is 49.3. The van der Waals surface area contributed by atoms with Crippen molar-refractivity contribution in [3.8, 4) is 0 Å². The Morgan fingerprint density at radius 2 is 0.872 bits per heavy atom. The molecule has 4 fully saturated rings. The van der Waals surface area contributed by atoms with Crippen molar-refractivity contribution in [2.24, 2.45) is 35.5 Å². The Morgan fingerprint density at radius 3 is 1.18 bits per heavy atom. The van der Waals surface area contributed by atoms with Crippen molar-refractivity contribution in [2.45, 2.75) is 195 Å². The maximum absolute atomic E-state index is 14.2. The Bertz CT molecular complexity index is 2140. The van der Waals surface area contributed by atoms with E-state index in [9.17, 15) is 48.1 Å². The third kappa shape index (κ3) is 20.6. The van der Waals surface area contributed by atoms with E-state index in [1.54, 1.807) is 13.8 Å². The number of amides is 2. The van der Waals surface area contributed by atoms with Gasteiger partial charge in [0.05, 0.1) is 0 Å². The van der Waals surface area contributed by atoms with Crippen molar-refractivity contribution in [2.75, 3.05) is 37.7 Å². The largest absolute Gasteiger partial charge is 0.480 e. The van der Waals surface area contributed by atoms with Crippen LogP contribution in [0.15, 0.2) is 60.7 Å². The van der Waals surface area contributed by atoms with Crippen LogP contribution in [-0.2, 0) is 69.3 Å². The topological polar surface area (TPSA) is 220 Å². The third-order valence-corrected chi connectivity index (χ3v) is 20.8. The van der Waals surface area contributed by atoms with E-state index in [2.05, 4.69) is 0 Å². The Hall–Kier alpha value is -4.36. The third-order valence-electron chi connectivity index (χ3n) is 16.1. The van der Waals surface area contributed by atoms with Crippen molar-refractivity contribution in [1.82, 2.24) is 9.80 Å². The molecule has 2 saturated carbocycles. The van der Waals surface area contributed by atoms with Crippen molar-refractivity contribution in [1.29, 1.82) is 0 Å². The zero-order chi connectivity index (χ0) is 56.8. The molecule has 2 amide bonds. The van der Waals surface area contributed by atoms with Crippen molar-refractivity contribution in [3.63, 3.8) is 0 Å². The second-order valence-corrected chi connectivity index (χ2v) is 28.2. The molecule has 8 atom stereocenters. The summed E-state index contributed by atoms with van der Waals surface area (Å²) < 4.78 is 51.4. The maximum Gasteiger partial charge on any atom is 0.326 e. The van der Waals surface area contributed by atoms with Gasteiger partial charge in [0.25, 0.3) is 0 Å². The number of carbonyl (C=O) groups is 6. The molecule has 0 spiro atoms. The standard InChI is InChI=1S/2C30H46NO7P/c2*1-4-28(33)37-30(22(2)3)38-39(36,18-12-11-15-23-13-7-5-8-14-23)21-27(32)31-20-25(19-26(31)29(34)35)24-16-9-6-10-17-24/h2*5,7-8,13-14,22,24-26,30H,4,6,9-12,15-21H2,1-3H3,(H,34,35)/t2*25-,26+,30?,39-/m11/s1. The zero-order valence-electron chi connectivity index (χ0n) is 47.5. The number of aryl methyl sites for hydroxylation is 2. The van der Waals surface area contributed by atoms with Crippen LogP contribution in [0.3, 0.4) is 0 Å². The molecule has 2 heterocycles. The number of ether oxygens (including phenoxy) is 2. The van der Waals surface area contributed by atoms with E-state index in [0.29, 0.717) is 50.6 Å². The maximum atomic E-state index is 14.2. The molecule has 0 radical (unpaired) electrons. The molecule has 4 aliphatic rings. The summed E-state index contributed by atoms with van der Waals surface area (Å²) in [5, 5.41) is 19.8. The van der Waals surface area contributed by atoms with E-state index in [1.807, 2.05) is 88.4 Å². The Morgan fingerprint density at radius 1 is 0.526 bits per heavy atom. The van der Waals surface area contributed by atoms with E-state index in [-0.39, 0.29) is 61.2 Å². The number of aliphatic carboxylic acids is 2. The Labute approximate surface area is 464 Å². The second kappa shape index (κ2) is 32.2. The molecule has 6 rings (SSSR count). The van der Waals surface area contributed by atoms with Gasteiger partial charge < -0.3 is 29.5 Å². The van der Waals surface area contributed by atoms with Gasteiger partial charge in [0.2, 0.25) is 39.1 Å². The first-order valence-corrected chi connectivity index (χ1v) is 33.3. The minimum absolute atomic E-state index is 0.149. The highest BCUT2D eigenvalue weighted by Crippen LogP contribution is 2.52. The summed E-state index contributed by atoms with van der Waals surface area (Å²) in [7, 11) is -7.19. The fraction of sp³-hybridized carbons (Fsp3) is 0.700. The van der Waals surface area contributed by atoms with Gasteiger partial charge in [-0.3, -0.25) is 37.4 Å². The van der Waals surface area contributed by atoms with Gasteiger partial charge in [-0.25, -0.2) is 9.59 Å². The smallest absolute Gasteiger partial charge is 0.326 e. The first kappa shape index (κ1) is 64.5. The summed E-state index contributed by atoms with van der Waals surface area (Å²) in [5.41, 5.74) is 2.35. The number of carboxylic acids is 2. The van der Waals surface area contributed by atoms with Crippen molar-refractivity contribution < 1.29 is 66.6 Å². The Kier molecular flexibility index (Phi) is 26.6. The number of hydrogen-bond donors (Lipinski definition) is 2. The lowest BCUT2D eigenvalue weighted by atomic mass is 9.79. The van der Waals surface area contributed by atoms with Crippen LogP contribution in [0, 0.1) is 35.5 Å². The van der Waals surface area contributed by atoms with Gasteiger partial charge in [-0.05, 0) is 86.2 Å². The van der Waals surface area contributed by atoms with Gasteiger partial charge in [0.15, 0.2) is 0 Å². The van der Waals surface area contributed by atoms with E-state index < -0.39 is 75.1 Å². The fourth-order valence-electron chi connectivity index (χ4n) is 11.6. The lowest BCUT2D eigenvalue weighted by molar-refractivity contribution is -0.170. The molecule has 2 saturated heterocycles. The summed E-state index contributed by atoms with van der Waals surface area (Å²) in [4.78, 5) is 78.3. The highest BCUT2D eigenvalue weighted by atomic mass is 31.2. The van der Waals surface area contributed by atoms with Crippen LogP contribution in [0.2, 0.25) is 0 Å². The molecular weight excluding hydrogens is 1030 g/mol. The monoisotopic (exact) mass is 1130 g/mol. The number of nitrogens with zero attached hydrogens (tertiary/aromatic N) is 2. The molecule has 2 aromatic carbocycles. The molecule has 16 nitrogen and oxygen atoms in total. The number of rotatable bonds is 28. The lowest BCUT2D eigenvalue weighted by Gasteiger charge is -2.30. The minimum Gasteiger partial charge on any atom is -0.480 e. The van der Waals surface area contributed by atoms with Gasteiger partial charge in [0.1, 0.15) is 24.4 Å². The predicted molar refractivity (Wildman–Crippen MR) is 301 cm³/mol. The molecular formula is C60H92N2O14P2. The number of esters is 2. The molecule has 2 aliphatic carbocycles. The first-order chi connectivity index (χ1) is 37.2. The Balaban J connectivity index is 0.000000287. The number of benzene rings is 2. The van der Waals surface area contributed by atoms with Gasteiger partial charge in [0, 0.05) is 50.1 Å². The first-order valence-electron chi connectivity index (χ1n) is 29.3. The molecule has 0 aromatic heterocycles. The molecule has 2 aromatic rings. The van der Waals surface area contributed by atoms with Crippen LogP contribution in [0.25, 0.3) is 0 Å². The minimum atomic E-state index is -3.60. The molecule has 436 valence electrons. The highest BCUT2D eigenvalue weighted by molar-refractivity contribution is 7.60. The molecule has 2 N–H and O–H groups in total. The molecule has 78 heavy (non-hydrogen) atoms. The van der Waals surface area contributed by atoms with Crippen LogP contribution in [0.1, 0.15) is 168 Å². The molecule has 2 aliphatic heterocycles. The quantitative estimate of drug-likeness (QED) is 0.0350. The van der Waals surface area contributed by atoms with Crippen LogP contribution in [0.4, 0.5) is 0 Å². The van der Waals surface area contributed by atoms with E-state index in [4.69, 9.17) is 18.5 Å². The van der Waals surface area contributed by atoms with Crippen LogP contribution < -0.4 is 0 Å². The molecule has 0 bridgehead atoms. The van der Waals surface area contributed by atoms with Crippen LogP contribution in [0.5, 0.6) is 0 Å². The van der Waals surface area contributed by atoms with Crippen LogP contribution in [-0.4, -0.2) is 118 Å². The summed E-state index contributed by atoms with van der Waals surface area (Å²) in [6.07, 6.45) is 14.2. The van der Waals surface area contributed by atoms with Crippen molar-refractivity contribution >= 4 is 50.4 Å².